The summed E-state index contributed by atoms with van der Waals surface area (Å²) in [5.74, 6) is 0.0719. The van der Waals surface area contributed by atoms with Gasteiger partial charge in [-0.05, 0) is 74.4 Å². The van der Waals surface area contributed by atoms with Crippen LogP contribution in [0.3, 0.4) is 0 Å². The fraction of sp³-hybridized carbons (Fsp3) is 0.250. The normalized spacial score (nSPS) is 13.5. The first-order valence-corrected chi connectivity index (χ1v) is 13.7. The Kier molecular flexibility index (Phi) is 8.05. The number of fused-ring (bicyclic) bond motifs is 1. The zero-order chi connectivity index (χ0) is 27.3. The Morgan fingerprint density at radius 3 is 2.55 bits per heavy atom. The molecule has 0 bridgehead atoms. The predicted octanol–water partition coefficient (Wildman–Crippen LogP) is 4.03. The first-order valence-electron chi connectivity index (χ1n) is 12.3. The second-order valence-corrected chi connectivity index (χ2v) is 11.5. The molecule has 0 fully saturated rings. The van der Waals surface area contributed by atoms with Gasteiger partial charge < -0.3 is 25.9 Å². The van der Waals surface area contributed by atoms with Gasteiger partial charge in [0.25, 0.3) is 10.0 Å². The van der Waals surface area contributed by atoms with Crippen molar-refractivity contribution in [3.8, 4) is 0 Å². The van der Waals surface area contributed by atoms with Crippen molar-refractivity contribution in [3.63, 3.8) is 0 Å². The van der Waals surface area contributed by atoms with Gasteiger partial charge in [0.05, 0.1) is 11.0 Å². The van der Waals surface area contributed by atoms with E-state index in [2.05, 4.69) is 33.6 Å². The van der Waals surface area contributed by atoms with Crippen LogP contribution in [-0.4, -0.2) is 41.2 Å². The van der Waals surface area contributed by atoms with E-state index in [4.69, 9.17) is 10.9 Å². The lowest BCUT2D eigenvalue weighted by Crippen LogP contribution is -2.42. The van der Waals surface area contributed by atoms with Crippen LogP contribution >= 0.6 is 0 Å². The number of nitrogens with one attached hydrogen (secondary N) is 2. The van der Waals surface area contributed by atoms with Gasteiger partial charge in [-0.25, -0.2) is 8.42 Å². The third kappa shape index (κ3) is 6.52. The van der Waals surface area contributed by atoms with E-state index in [9.17, 15) is 13.5 Å². The lowest BCUT2D eigenvalue weighted by molar-refractivity contribution is 0.158. The van der Waals surface area contributed by atoms with Crippen molar-refractivity contribution in [2.75, 3.05) is 11.3 Å². The van der Waals surface area contributed by atoms with E-state index in [1.54, 1.807) is 42.5 Å². The number of nitrogens with two attached hydrogens (primary N) is 1. The fourth-order valence-electron chi connectivity index (χ4n) is 4.21. The Hall–Kier alpha value is -3.86. The van der Waals surface area contributed by atoms with Crippen molar-refractivity contribution >= 4 is 32.4 Å². The lowest BCUT2D eigenvalue weighted by atomic mass is 9.99. The van der Waals surface area contributed by atoms with E-state index in [0.29, 0.717) is 23.4 Å². The minimum atomic E-state index is -3.72. The molecule has 0 unspecified atom stereocenters. The number of aromatic nitrogens is 1. The first kappa shape index (κ1) is 27.2. The van der Waals surface area contributed by atoms with Crippen molar-refractivity contribution in [1.29, 1.82) is 0 Å². The molecule has 1 heterocycles. The molecular formula is C28H33N5O4S. The summed E-state index contributed by atoms with van der Waals surface area (Å²) in [6, 6.07) is 22.6. The summed E-state index contributed by atoms with van der Waals surface area (Å²) in [4.78, 5) is 0.174. The molecule has 0 aliphatic carbocycles. The molecule has 1 atom stereocenters. The molecule has 4 aromatic rings. The van der Waals surface area contributed by atoms with Crippen LogP contribution in [0.5, 0.6) is 0 Å². The van der Waals surface area contributed by atoms with E-state index in [1.807, 2.05) is 30.5 Å². The van der Waals surface area contributed by atoms with Gasteiger partial charge in [-0.2, -0.15) is 0 Å². The molecule has 0 spiro atoms. The molecule has 0 amide bonds. The van der Waals surface area contributed by atoms with Crippen LogP contribution in [0.2, 0.25) is 0 Å². The van der Waals surface area contributed by atoms with Gasteiger partial charge in [0.2, 0.25) is 0 Å². The molecule has 9 nitrogen and oxygen atoms in total. The Balaban J connectivity index is 1.35. The highest BCUT2D eigenvalue weighted by Gasteiger charge is 2.20. The molecule has 38 heavy (non-hydrogen) atoms. The van der Waals surface area contributed by atoms with E-state index < -0.39 is 16.1 Å². The minimum absolute atomic E-state index is 0.0719. The monoisotopic (exact) mass is 535 g/mol. The minimum Gasteiger partial charge on any atom is -0.409 e. The number of rotatable bonds is 11. The fourth-order valence-corrected chi connectivity index (χ4v) is 5.29. The van der Waals surface area contributed by atoms with Gasteiger partial charge >= 0.3 is 0 Å². The Labute approximate surface area is 222 Å². The van der Waals surface area contributed by atoms with Gasteiger partial charge in [0.1, 0.15) is 0 Å². The number of benzene rings is 3. The van der Waals surface area contributed by atoms with E-state index >= 15 is 0 Å². The summed E-state index contributed by atoms with van der Waals surface area (Å²) in [6.07, 6.45) is 1.98. The highest BCUT2D eigenvalue weighted by molar-refractivity contribution is 7.92. The quantitative estimate of drug-likeness (QED) is 0.0850. The number of hydrogen-bond acceptors (Lipinski definition) is 6. The van der Waals surface area contributed by atoms with Gasteiger partial charge in [0, 0.05) is 47.0 Å². The number of nitrogens with zero attached hydrogens (tertiary/aromatic N) is 2. The number of aliphatic hydroxyl groups is 1. The highest BCUT2D eigenvalue weighted by atomic mass is 32.2. The third-order valence-electron chi connectivity index (χ3n) is 6.50. The number of oxime groups is 1. The number of aliphatic hydroxyl groups excluding tert-OH is 1. The van der Waals surface area contributed by atoms with Crippen LogP contribution in [0.15, 0.2) is 95.1 Å². The van der Waals surface area contributed by atoms with Crippen LogP contribution in [0.4, 0.5) is 5.69 Å². The summed E-state index contributed by atoms with van der Waals surface area (Å²) in [6.45, 7) is 5.20. The summed E-state index contributed by atoms with van der Waals surface area (Å²) < 4.78 is 30.0. The number of anilines is 1. The molecule has 200 valence electrons. The second-order valence-electron chi connectivity index (χ2n) is 9.84. The Morgan fingerprint density at radius 1 is 1.05 bits per heavy atom. The Morgan fingerprint density at radius 2 is 1.82 bits per heavy atom. The maximum absolute atomic E-state index is 12.6. The molecule has 0 aliphatic rings. The van der Waals surface area contributed by atoms with E-state index in [0.717, 1.165) is 23.9 Å². The summed E-state index contributed by atoms with van der Waals surface area (Å²) in [5, 5.41) is 27.2. The van der Waals surface area contributed by atoms with Crippen molar-refractivity contribution < 1.29 is 18.7 Å². The summed E-state index contributed by atoms with van der Waals surface area (Å²) in [5.41, 5.74) is 8.12. The first-order chi connectivity index (χ1) is 18.1. The van der Waals surface area contributed by atoms with E-state index in [1.165, 1.54) is 12.1 Å². The average molecular weight is 536 g/mol. The van der Waals surface area contributed by atoms with Crippen molar-refractivity contribution in [2.24, 2.45) is 10.9 Å². The molecule has 0 aliphatic heterocycles. The standard InChI is InChI=1S/C28H33N5O4S/c1-28(2,14-16-33-15-13-20-17-22(27(29)31-35)11-12-25(20)33)30-19-26(34)21-7-6-8-23(18-21)32-38(36,37)24-9-4-3-5-10-24/h3-13,15,17-18,26,30,32,34-35H,14,16,19H2,1-2H3,(H2,29,31)/t26-/m1/s1. The molecule has 3 aromatic carbocycles. The number of amidine groups is 1. The van der Waals surface area contributed by atoms with E-state index in [-0.39, 0.29) is 16.3 Å². The molecule has 0 radical (unpaired) electrons. The molecule has 10 heteroatoms. The number of sulfonamides is 1. The number of aryl methyl sites for hydroxylation is 1. The molecular weight excluding hydrogens is 502 g/mol. The van der Waals surface area contributed by atoms with Crippen LogP contribution in [-0.2, 0) is 16.6 Å². The molecule has 0 saturated carbocycles. The maximum atomic E-state index is 12.6. The maximum Gasteiger partial charge on any atom is 0.261 e. The van der Waals surface area contributed by atoms with Crippen LogP contribution in [0.1, 0.15) is 37.5 Å². The largest absolute Gasteiger partial charge is 0.409 e. The zero-order valence-electron chi connectivity index (χ0n) is 21.4. The second kappa shape index (κ2) is 11.3. The van der Waals surface area contributed by atoms with Crippen LogP contribution < -0.4 is 15.8 Å². The van der Waals surface area contributed by atoms with Gasteiger partial charge in [0.15, 0.2) is 5.84 Å². The van der Waals surface area contributed by atoms with Crippen molar-refractivity contribution in [2.45, 2.75) is 43.4 Å². The Bertz CT molecular complexity index is 1530. The van der Waals surface area contributed by atoms with Crippen molar-refractivity contribution in [1.82, 2.24) is 9.88 Å². The van der Waals surface area contributed by atoms with Gasteiger partial charge in [-0.15, -0.1) is 0 Å². The lowest BCUT2D eigenvalue weighted by Gasteiger charge is -2.28. The summed E-state index contributed by atoms with van der Waals surface area (Å²) in [7, 11) is -3.72. The number of β-amino-alcohol motifs (C(OH)–C–C–N with tert-alkyl or cyclic N) is 1. The van der Waals surface area contributed by atoms with Crippen molar-refractivity contribution in [3.05, 3.63) is 96.2 Å². The average Bonchev–Trinajstić information content (AvgIpc) is 3.33. The molecule has 0 saturated heterocycles. The van der Waals surface area contributed by atoms with Gasteiger partial charge in [-0.1, -0.05) is 35.5 Å². The number of hydrogen-bond donors (Lipinski definition) is 5. The van der Waals surface area contributed by atoms with Gasteiger partial charge in [-0.3, -0.25) is 4.72 Å². The summed E-state index contributed by atoms with van der Waals surface area (Å²) >= 11 is 0. The molecule has 6 N–H and O–H groups in total. The zero-order valence-corrected chi connectivity index (χ0v) is 22.2. The highest BCUT2D eigenvalue weighted by Crippen LogP contribution is 2.23. The topological polar surface area (TPSA) is 142 Å². The SMILES string of the molecule is CC(C)(CCn1ccc2cc(C(N)=NO)ccc21)NC[C@@H](O)c1cccc(NS(=O)(=O)c2ccccc2)c1. The smallest absolute Gasteiger partial charge is 0.261 e. The van der Waals surface area contributed by atoms with Crippen LogP contribution in [0, 0.1) is 0 Å². The van der Waals surface area contributed by atoms with Crippen LogP contribution in [0.25, 0.3) is 10.9 Å². The molecule has 1 aromatic heterocycles. The molecule has 4 rings (SSSR count). The third-order valence-corrected chi connectivity index (χ3v) is 7.90. The predicted molar refractivity (Wildman–Crippen MR) is 150 cm³/mol.